The normalized spacial score (nSPS) is 30.6. The summed E-state index contributed by atoms with van der Waals surface area (Å²) in [6.07, 6.45) is 2.84. The van der Waals surface area contributed by atoms with Crippen LogP contribution in [-0.2, 0) is 9.53 Å². The lowest BCUT2D eigenvalue weighted by Gasteiger charge is -2.32. The predicted octanol–water partition coefficient (Wildman–Crippen LogP) is 1.18. The van der Waals surface area contributed by atoms with Gasteiger partial charge in [-0.3, -0.25) is 4.79 Å². The van der Waals surface area contributed by atoms with Crippen LogP contribution in [0.5, 0.6) is 0 Å². The molecule has 0 saturated heterocycles. The van der Waals surface area contributed by atoms with Gasteiger partial charge < -0.3 is 9.84 Å². The Labute approximate surface area is 92.9 Å². The van der Waals surface area contributed by atoms with Crippen LogP contribution >= 0.6 is 0 Å². The second kappa shape index (κ2) is 6.11. The monoisotopic (exact) mass is 226 g/mol. The molecule has 1 fully saturated rings. The van der Waals surface area contributed by atoms with E-state index in [0.717, 1.165) is 31.7 Å². The summed E-state index contributed by atoms with van der Waals surface area (Å²) in [5.74, 6) is 0.240. The van der Waals surface area contributed by atoms with Gasteiger partial charge >= 0.3 is 5.97 Å². The maximum Gasteiger partial charge on any atom is 0.302 e. The van der Waals surface area contributed by atoms with Gasteiger partial charge in [-0.15, -0.1) is 0 Å². The average Bonchev–Trinajstić information content (AvgIpc) is 2.18. The van der Waals surface area contributed by atoms with Gasteiger partial charge in [0.25, 0.3) is 0 Å². The quantitative estimate of drug-likeness (QED) is 0.580. The summed E-state index contributed by atoms with van der Waals surface area (Å²) < 4.78 is 5.04. The highest BCUT2D eigenvalue weighted by Gasteiger charge is 2.30. The number of carbonyl (C=O) groups is 1. The second-order valence-corrected chi connectivity index (χ2v) is 5.05. The molecule has 0 aliphatic heterocycles. The van der Waals surface area contributed by atoms with Crippen molar-refractivity contribution in [3.63, 3.8) is 0 Å². The summed E-state index contributed by atoms with van der Waals surface area (Å²) in [6.45, 7) is 1.38. The van der Waals surface area contributed by atoms with E-state index >= 15 is 0 Å². The van der Waals surface area contributed by atoms with Crippen LogP contribution in [0.3, 0.4) is 0 Å². The van der Waals surface area contributed by atoms with E-state index in [0.29, 0.717) is 14.9 Å². The lowest BCUT2D eigenvalue weighted by Crippen LogP contribution is -2.36. The lowest BCUT2D eigenvalue weighted by molar-refractivity contribution is -0.156. The molecule has 1 saturated carbocycles. The van der Waals surface area contributed by atoms with Crippen molar-refractivity contribution in [2.45, 2.75) is 50.9 Å². The molecule has 0 radical (unpaired) electrons. The van der Waals surface area contributed by atoms with E-state index in [1.165, 1.54) is 6.92 Å². The fraction of sp³-hybridized carbons (Fsp3) is 0.818. The molecular weight excluding hydrogens is 208 g/mol. The summed E-state index contributed by atoms with van der Waals surface area (Å²) >= 11 is 0. The molecule has 84 valence electrons. The maximum absolute atomic E-state index is 10.8. The van der Waals surface area contributed by atoms with Crippen molar-refractivity contribution >= 4 is 14.9 Å². The van der Waals surface area contributed by atoms with Crippen molar-refractivity contribution in [3.8, 4) is 6.00 Å². The number of esters is 1. The van der Waals surface area contributed by atoms with E-state index in [1.54, 1.807) is 0 Å². The zero-order valence-corrected chi connectivity index (χ0v) is 10.1. The van der Waals surface area contributed by atoms with E-state index in [4.69, 9.17) is 10.7 Å². The van der Waals surface area contributed by atoms with E-state index in [2.05, 4.69) is 0 Å². The molecule has 1 aliphatic carbocycles. The van der Waals surface area contributed by atoms with Gasteiger partial charge in [0.2, 0.25) is 0 Å². The Morgan fingerprint density at radius 3 is 2.87 bits per heavy atom. The highest BCUT2D eigenvalue weighted by atomic mass is 28.2. The highest BCUT2D eigenvalue weighted by molar-refractivity contribution is 6.21. The molecule has 1 rings (SSSR count). The van der Waals surface area contributed by atoms with Crippen LogP contribution in [0.15, 0.2) is 0 Å². The van der Waals surface area contributed by atoms with Gasteiger partial charge in [-0.25, -0.2) is 0 Å². The van der Waals surface area contributed by atoms with Crippen LogP contribution in [0, 0.1) is 11.9 Å². The lowest BCUT2D eigenvalue weighted by atomic mass is 9.84. The molecule has 15 heavy (non-hydrogen) atoms. The number of rotatable bonds is 3. The number of ether oxygens (including phenoxy) is 1. The first-order valence-electron chi connectivity index (χ1n) is 5.42. The second-order valence-electron chi connectivity index (χ2n) is 4.14. The number of aliphatic hydroxyl groups excluding tert-OH is 1. The maximum atomic E-state index is 10.8. The van der Waals surface area contributed by atoms with Gasteiger partial charge in [0.1, 0.15) is 6.10 Å². The minimum absolute atomic E-state index is 0.293. The third-order valence-corrected chi connectivity index (χ3v) is 3.46. The van der Waals surface area contributed by atoms with Crippen molar-refractivity contribution in [2.75, 3.05) is 0 Å². The Morgan fingerprint density at radius 1 is 1.60 bits per heavy atom. The Balaban J connectivity index is 2.34. The van der Waals surface area contributed by atoms with Gasteiger partial charge in [0.05, 0.1) is 6.10 Å². The molecule has 0 heterocycles. The smallest absolute Gasteiger partial charge is 0.302 e. The van der Waals surface area contributed by atoms with E-state index in [1.807, 2.05) is 0 Å². The van der Waals surface area contributed by atoms with Crippen LogP contribution in [0.2, 0.25) is 6.04 Å². The van der Waals surface area contributed by atoms with Crippen molar-refractivity contribution in [1.29, 1.82) is 0 Å². The number of carbonyl (C=O) groups excluding carboxylic acids is 1. The molecular formula is C11H18O3Si. The standard InChI is InChI=1S/C11H18O3Si/c1-8(12)14-11-4-3-9(5-6-15-2)7-10(11)13/h2,9-11,13H,3-7H2,1H3. The Bertz CT molecular complexity index is 259. The minimum atomic E-state index is -0.492. The first-order chi connectivity index (χ1) is 7.13. The Hall–Kier alpha value is -0.573. The zero-order valence-electron chi connectivity index (χ0n) is 9.11. The minimum Gasteiger partial charge on any atom is -0.460 e. The summed E-state index contributed by atoms with van der Waals surface area (Å²) in [5.41, 5.74) is 0. The third-order valence-electron chi connectivity index (χ3n) is 2.88. The van der Waals surface area contributed by atoms with Crippen molar-refractivity contribution in [3.05, 3.63) is 0 Å². The highest BCUT2D eigenvalue weighted by Crippen LogP contribution is 2.29. The van der Waals surface area contributed by atoms with E-state index in [9.17, 15) is 9.90 Å². The molecule has 0 aromatic rings. The molecule has 0 aromatic heterocycles. The molecule has 0 amide bonds. The summed E-state index contributed by atoms with van der Waals surface area (Å²) in [5, 5.41) is 9.78. The molecule has 0 bridgehead atoms. The van der Waals surface area contributed by atoms with Gasteiger partial charge in [-0.1, -0.05) is 0 Å². The summed E-state index contributed by atoms with van der Waals surface area (Å²) in [7, 11) is 0.497. The topological polar surface area (TPSA) is 46.5 Å². The molecule has 1 N–H and O–H groups in total. The van der Waals surface area contributed by atoms with Gasteiger partial charge in [-0.2, -0.15) is 6.00 Å². The van der Waals surface area contributed by atoms with Crippen LogP contribution in [-0.4, -0.2) is 32.2 Å². The fourth-order valence-corrected chi connectivity index (χ4v) is 2.68. The van der Waals surface area contributed by atoms with Crippen LogP contribution < -0.4 is 0 Å². The molecule has 3 nitrogen and oxygen atoms in total. The predicted molar refractivity (Wildman–Crippen MR) is 59.0 cm³/mol. The number of hydrogen-bond donors (Lipinski definition) is 1. The Kier molecular flexibility index (Phi) is 5.09. The molecule has 0 spiro atoms. The SMILES string of the molecule is C#[Si]CCC1CCC(OC(C)=O)C(O)C1. The summed E-state index contributed by atoms with van der Waals surface area (Å²) in [6, 6.07) is 6.51. The van der Waals surface area contributed by atoms with Crippen molar-refractivity contribution < 1.29 is 14.6 Å². The third kappa shape index (κ3) is 4.20. The molecule has 0 aromatic carbocycles. The average molecular weight is 226 g/mol. The van der Waals surface area contributed by atoms with Gasteiger partial charge in [-0.05, 0) is 46.6 Å². The largest absolute Gasteiger partial charge is 0.460 e. The summed E-state index contributed by atoms with van der Waals surface area (Å²) in [4.78, 5) is 10.8. The molecule has 4 heteroatoms. The Morgan fingerprint density at radius 2 is 2.33 bits per heavy atom. The van der Waals surface area contributed by atoms with Crippen LogP contribution in [0.1, 0.15) is 32.6 Å². The number of aliphatic hydroxyl groups is 1. The molecule has 3 atom stereocenters. The van der Waals surface area contributed by atoms with Crippen molar-refractivity contribution in [2.24, 2.45) is 5.92 Å². The van der Waals surface area contributed by atoms with E-state index in [-0.39, 0.29) is 12.1 Å². The van der Waals surface area contributed by atoms with Crippen LogP contribution in [0.25, 0.3) is 0 Å². The first-order valence-corrected chi connectivity index (χ1v) is 6.70. The molecule has 1 aliphatic rings. The van der Waals surface area contributed by atoms with Crippen molar-refractivity contribution in [1.82, 2.24) is 0 Å². The zero-order chi connectivity index (χ0) is 11.3. The number of hydrogen-bond acceptors (Lipinski definition) is 3. The first kappa shape index (κ1) is 12.5. The fourth-order valence-electron chi connectivity index (χ4n) is 2.10. The van der Waals surface area contributed by atoms with E-state index < -0.39 is 6.10 Å². The van der Waals surface area contributed by atoms with Crippen LogP contribution in [0.4, 0.5) is 0 Å². The van der Waals surface area contributed by atoms with Gasteiger partial charge in [0, 0.05) is 6.92 Å². The van der Waals surface area contributed by atoms with Gasteiger partial charge in [0.15, 0.2) is 0 Å². The molecule has 3 unspecified atom stereocenters.